The van der Waals surface area contributed by atoms with Gasteiger partial charge in [-0.1, -0.05) is 43.1 Å². The van der Waals surface area contributed by atoms with Gasteiger partial charge >= 0.3 is 0 Å². The van der Waals surface area contributed by atoms with E-state index >= 15 is 0 Å². The molecule has 1 nitrogen and oxygen atoms in total. The molecule has 2 atom stereocenters. The molecule has 1 N–H and O–H groups in total. The number of rotatable bonds is 5. The maximum atomic E-state index is 9.96. The summed E-state index contributed by atoms with van der Waals surface area (Å²) in [5.41, 5.74) is 0.824. The summed E-state index contributed by atoms with van der Waals surface area (Å²) >= 11 is 13.5. The summed E-state index contributed by atoms with van der Waals surface area (Å²) in [6.45, 7) is 4.30. The standard InChI is InChI=1S/C12H16Cl2OS/c1-3-8(2)16-7-12(15)9-4-5-10(13)11(14)6-9/h4-6,8,12,15H,3,7H2,1-2H3. The van der Waals surface area contributed by atoms with Crippen LogP contribution in [0, 0.1) is 0 Å². The van der Waals surface area contributed by atoms with E-state index in [0.717, 1.165) is 12.0 Å². The Balaban J connectivity index is 2.59. The molecule has 0 saturated carbocycles. The molecule has 0 bridgehead atoms. The lowest BCUT2D eigenvalue weighted by molar-refractivity contribution is 0.204. The normalized spacial score (nSPS) is 14.8. The first-order valence-corrected chi connectivity index (χ1v) is 7.09. The molecule has 2 unspecified atom stereocenters. The van der Waals surface area contributed by atoms with Crippen molar-refractivity contribution in [2.24, 2.45) is 0 Å². The van der Waals surface area contributed by atoms with Crippen LogP contribution in [0.25, 0.3) is 0 Å². The predicted octanol–water partition coefficient (Wildman–Crippen LogP) is 4.56. The Labute approximate surface area is 111 Å². The fourth-order valence-electron chi connectivity index (χ4n) is 1.19. The van der Waals surface area contributed by atoms with Crippen LogP contribution in [0.3, 0.4) is 0 Å². The predicted molar refractivity (Wildman–Crippen MR) is 73.6 cm³/mol. The van der Waals surface area contributed by atoms with Crippen molar-refractivity contribution in [2.75, 3.05) is 5.75 Å². The van der Waals surface area contributed by atoms with Crippen molar-refractivity contribution < 1.29 is 5.11 Å². The van der Waals surface area contributed by atoms with Gasteiger partial charge in [0, 0.05) is 11.0 Å². The molecule has 16 heavy (non-hydrogen) atoms. The van der Waals surface area contributed by atoms with E-state index in [1.165, 1.54) is 0 Å². The highest BCUT2D eigenvalue weighted by molar-refractivity contribution is 7.99. The van der Waals surface area contributed by atoms with Crippen molar-refractivity contribution >= 4 is 35.0 Å². The van der Waals surface area contributed by atoms with Crippen molar-refractivity contribution in [1.29, 1.82) is 0 Å². The van der Waals surface area contributed by atoms with E-state index in [0.29, 0.717) is 21.0 Å². The van der Waals surface area contributed by atoms with Gasteiger partial charge < -0.3 is 5.11 Å². The summed E-state index contributed by atoms with van der Waals surface area (Å²) in [6, 6.07) is 5.26. The fraction of sp³-hybridized carbons (Fsp3) is 0.500. The summed E-state index contributed by atoms with van der Waals surface area (Å²) in [5.74, 6) is 0.687. The third-order valence-electron chi connectivity index (χ3n) is 2.44. The zero-order valence-corrected chi connectivity index (χ0v) is 11.7. The molecule has 0 heterocycles. The van der Waals surface area contributed by atoms with Gasteiger partial charge in [-0.15, -0.1) is 0 Å². The minimum absolute atomic E-state index is 0.478. The van der Waals surface area contributed by atoms with Crippen LogP contribution >= 0.6 is 35.0 Å². The highest BCUT2D eigenvalue weighted by Crippen LogP contribution is 2.28. The Bertz CT molecular complexity index is 344. The SMILES string of the molecule is CCC(C)SCC(O)c1ccc(Cl)c(Cl)c1. The van der Waals surface area contributed by atoms with Crippen molar-refractivity contribution in [2.45, 2.75) is 31.6 Å². The molecule has 0 aliphatic heterocycles. The van der Waals surface area contributed by atoms with Crippen LogP contribution < -0.4 is 0 Å². The smallest absolute Gasteiger partial charge is 0.0881 e. The molecule has 0 radical (unpaired) electrons. The summed E-state index contributed by atoms with van der Waals surface area (Å²) in [7, 11) is 0. The van der Waals surface area contributed by atoms with Gasteiger partial charge in [0.05, 0.1) is 16.1 Å². The van der Waals surface area contributed by atoms with Crippen LogP contribution in [0.5, 0.6) is 0 Å². The maximum absolute atomic E-state index is 9.96. The van der Waals surface area contributed by atoms with Gasteiger partial charge in [-0.25, -0.2) is 0 Å². The van der Waals surface area contributed by atoms with E-state index in [2.05, 4.69) is 13.8 Å². The van der Waals surface area contributed by atoms with E-state index in [1.54, 1.807) is 23.9 Å². The molecule has 0 saturated heterocycles. The van der Waals surface area contributed by atoms with E-state index in [-0.39, 0.29) is 0 Å². The average Bonchev–Trinajstić information content (AvgIpc) is 2.29. The van der Waals surface area contributed by atoms with Crippen LogP contribution in [0.1, 0.15) is 31.9 Å². The molecule has 0 aromatic heterocycles. The van der Waals surface area contributed by atoms with Crippen LogP contribution in [0.4, 0.5) is 0 Å². The molecule has 1 aromatic carbocycles. The van der Waals surface area contributed by atoms with Crippen molar-refractivity contribution in [3.63, 3.8) is 0 Å². The van der Waals surface area contributed by atoms with Crippen LogP contribution in [0.15, 0.2) is 18.2 Å². The molecule has 0 spiro atoms. The van der Waals surface area contributed by atoms with Crippen LogP contribution in [0.2, 0.25) is 10.0 Å². The van der Waals surface area contributed by atoms with Gasteiger partial charge in [-0.3, -0.25) is 0 Å². The fourth-order valence-corrected chi connectivity index (χ4v) is 2.43. The van der Waals surface area contributed by atoms with E-state index < -0.39 is 6.10 Å². The Morgan fingerprint density at radius 1 is 1.31 bits per heavy atom. The minimum atomic E-state index is -0.478. The summed E-state index contributed by atoms with van der Waals surface area (Å²) in [5, 5.41) is 11.5. The minimum Gasteiger partial charge on any atom is -0.388 e. The largest absolute Gasteiger partial charge is 0.388 e. The highest BCUT2D eigenvalue weighted by atomic mass is 35.5. The van der Waals surface area contributed by atoms with Gasteiger partial charge in [0.15, 0.2) is 0 Å². The van der Waals surface area contributed by atoms with Gasteiger partial charge in [0.1, 0.15) is 0 Å². The second-order valence-electron chi connectivity index (χ2n) is 3.74. The van der Waals surface area contributed by atoms with E-state index in [1.807, 2.05) is 6.07 Å². The van der Waals surface area contributed by atoms with Crippen LogP contribution in [-0.4, -0.2) is 16.1 Å². The number of aliphatic hydroxyl groups excluding tert-OH is 1. The average molecular weight is 279 g/mol. The van der Waals surface area contributed by atoms with Crippen LogP contribution in [-0.2, 0) is 0 Å². The summed E-state index contributed by atoms with van der Waals surface area (Å²) < 4.78 is 0. The van der Waals surface area contributed by atoms with E-state index in [4.69, 9.17) is 23.2 Å². The summed E-state index contributed by atoms with van der Waals surface area (Å²) in [6.07, 6.45) is 0.632. The monoisotopic (exact) mass is 278 g/mol. The van der Waals surface area contributed by atoms with Gasteiger partial charge in [-0.05, 0) is 24.1 Å². The molecule has 0 fully saturated rings. The molecule has 0 aliphatic rings. The zero-order chi connectivity index (χ0) is 12.1. The number of halogens is 2. The molecule has 1 aromatic rings. The number of thioether (sulfide) groups is 1. The Kier molecular flexibility index (Phi) is 5.98. The highest BCUT2D eigenvalue weighted by Gasteiger charge is 2.11. The second-order valence-corrected chi connectivity index (χ2v) is 6.03. The second kappa shape index (κ2) is 6.75. The molecular formula is C12H16Cl2OS. The lowest BCUT2D eigenvalue weighted by atomic mass is 10.1. The lowest BCUT2D eigenvalue weighted by Crippen LogP contribution is -2.04. The van der Waals surface area contributed by atoms with Gasteiger partial charge in [-0.2, -0.15) is 11.8 Å². The van der Waals surface area contributed by atoms with Crippen molar-refractivity contribution in [3.05, 3.63) is 33.8 Å². The quantitative estimate of drug-likeness (QED) is 0.852. The topological polar surface area (TPSA) is 20.2 Å². The summed E-state index contributed by atoms with van der Waals surface area (Å²) in [4.78, 5) is 0. The third-order valence-corrected chi connectivity index (χ3v) is 4.59. The van der Waals surface area contributed by atoms with Crippen molar-refractivity contribution in [3.8, 4) is 0 Å². The van der Waals surface area contributed by atoms with E-state index in [9.17, 15) is 5.11 Å². The number of hydrogen-bond donors (Lipinski definition) is 1. The Morgan fingerprint density at radius 2 is 2.00 bits per heavy atom. The lowest BCUT2D eigenvalue weighted by Gasteiger charge is -2.14. The molecule has 0 amide bonds. The number of benzene rings is 1. The molecule has 90 valence electrons. The number of aliphatic hydroxyl groups is 1. The third kappa shape index (κ3) is 4.17. The Hall–Kier alpha value is 0.110. The molecular weight excluding hydrogens is 263 g/mol. The molecule has 4 heteroatoms. The van der Waals surface area contributed by atoms with Crippen molar-refractivity contribution in [1.82, 2.24) is 0 Å². The maximum Gasteiger partial charge on any atom is 0.0881 e. The zero-order valence-electron chi connectivity index (χ0n) is 9.41. The van der Waals surface area contributed by atoms with Gasteiger partial charge in [0.2, 0.25) is 0 Å². The first kappa shape index (κ1) is 14.2. The number of hydrogen-bond acceptors (Lipinski definition) is 2. The first-order valence-electron chi connectivity index (χ1n) is 5.29. The Morgan fingerprint density at radius 3 is 2.56 bits per heavy atom. The van der Waals surface area contributed by atoms with Gasteiger partial charge in [0.25, 0.3) is 0 Å². The first-order chi connectivity index (χ1) is 7.54. The molecule has 1 rings (SSSR count). The molecule has 0 aliphatic carbocycles.